The van der Waals surface area contributed by atoms with Crippen LogP contribution in [0.4, 0.5) is 0 Å². The number of rotatable bonds is 1. The second kappa shape index (κ2) is 4.24. The molecule has 1 aliphatic rings. The van der Waals surface area contributed by atoms with Gasteiger partial charge in [-0.3, -0.25) is 4.79 Å². The van der Waals surface area contributed by atoms with Crippen LogP contribution in [0.5, 0.6) is 5.95 Å². The van der Waals surface area contributed by atoms with Gasteiger partial charge in [0.25, 0.3) is 0 Å². The molecular weight excluding hydrogens is 242 g/mol. The van der Waals surface area contributed by atoms with E-state index in [9.17, 15) is 9.90 Å². The van der Waals surface area contributed by atoms with Crippen LogP contribution in [-0.4, -0.2) is 15.9 Å². The Morgan fingerprint density at radius 3 is 2.79 bits per heavy atom. The Kier molecular flexibility index (Phi) is 2.56. The Morgan fingerprint density at radius 1 is 1.26 bits per heavy atom. The first-order chi connectivity index (χ1) is 9.15. The first-order valence-electron chi connectivity index (χ1n) is 5.85. The summed E-state index contributed by atoms with van der Waals surface area (Å²) >= 11 is 0. The predicted octanol–water partition coefficient (Wildman–Crippen LogP) is 2.83. The number of hydrogen-bond acceptors (Lipinski definition) is 4. The fourth-order valence-corrected chi connectivity index (χ4v) is 2.09. The van der Waals surface area contributed by atoms with Crippen molar-refractivity contribution in [3.8, 4) is 5.95 Å². The molecule has 2 aromatic rings. The minimum atomic E-state index is -0.273. The van der Waals surface area contributed by atoms with Crippen LogP contribution in [0.3, 0.4) is 0 Å². The van der Waals surface area contributed by atoms with E-state index in [1.165, 1.54) is 6.08 Å². The molecule has 0 spiro atoms. The second-order valence-corrected chi connectivity index (χ2v) is 4.27. The molecule has 4 heteroatoms. The molecule has 0 bridgehead atoms. The molecule has 0 saturated carbocycles. The number of fused-ring (bicyclic) bond motifs is 1. The SMILES string of the molecule is Cc1nc(/C=C2\C(=O)C=Cc3ccccc32)c(O)o1. The summed E-state index contributed by atoms with van der Waals surface area (Å²) in [4.78, 5) is 16.0. The van der Waals surface area contributed by atoms with E-state index in [4.69, 9.17) is 4.42 Å². The molecule has 94 valence electrons. The van der Waals surface area contributed by atoms with E-state index in [0.29, 0.717) is 11.5 Å². The highest BCUT2D eigenvalue weighted by Gasteiger charge is 2.18. The first-order valence-corrected chi connectivity index (χ1v) is 5.85. The number of nitrogens with zero attached hydrogens (tertiary/aromatic N) is 1. The monoisotopic (exact) mass is 253 g/mol. The van der Waals surface area contributed by atoms with Gasteiger partial charge in [-0.2, -0.15) is 0 Å². The largest absolute Gasteiger partial charge is 0.479 e. The third-order valence-electron chi connectivity index (χ3n) is 2.95. The van der Waals surface area contributed by atoms with Crippen LogP contribution in [0.25, 0.3) is 17.7 Å². The van der Waals surface area contributed by atoms with Crippen LogP contribution < -0.4 is 0 Å². The first kappa shape index (κ1) is 11.5. The summed E-state index contributed by atoms with van der Waals surface area (Å²) in [7, 11) is 0. The van der Waals surface area contributed by atoms with Gasteiger partial charge in [-0.1, -0.05) is 30.3 Å². The van der Waals surface area contributed by atoms with Crippen molar-refractivity contribution in [3.05, 3.63) is 53.1 Å². The number of aromatic nitrogens is 1. The summed E-state index contributed by atoms with van der Waals surface area (Å²) in [6.45, 7) is 1.64. The van der Waals surface area contributed by atoms with Crippen molar-refractivity contribution in [2.24, 2.45) is 0 Å². The number of carbonyl (C=O) groups excluding carboxylic acids is 1. The summed E-state index contributed by atoms with van der Waals surface area (Å²) in [5.41, 5.74) is 2.57. The molecule has 1 aromatic carbocycles. The maximum atomic E-state index is 12.0. The lowest BCUT2D eigenvalue weighted by atomic mass is 9.91. The van der Waals surface area contributed by atoms with Crippen LogP contribution in [0.2, 0.25) is 0 Å². The Bertz CT molecular complexity index is 723. The zero-order valence-corrected chi connectivity index (χ0v) is 10.3. The van der Waals surface area contributed by atoms with E-state index in [1.54, 1.807) is 19.1 Å². The normalized spacial score (nSPS) is 15.8. The molecule has 0 atom stereocenters. The molecule has 1 heterocycles. The summed E-state index contributed by atoms with van der Waals surface area (Å²) < 4.78 is 4.95. The smallest absolute Gasteiger partial charge is 0.310 e. The number of oxazole rings is 1. The van der Waals surface area contributed by atoms with Gasteiger partial charge < -0.3 is 9.52 Å². The van der Waals surface area contributed by atoms with E-state index < -0.39 is 0 Å². The third-order valence-corrected chi connectivity index (χ3v) is 2.95. The highest BCUT2D eigenvalue weighted by atomic mass is 16.5. The third kappa shape index (κ3) is 1.97. The lowest BCUT2D eigenvalue weighted by Crippen LogP contribution is -2.04. The summed E-state index contributed by atoms with van der Waals surface area (Å²) in [5, 5.41) is 9.59. The number of benzene rings is 1. The molecule has 0 radical (unpaired) electrons. The molecule has 3 rings (SSSR count). The van der Waals surface area contributed by atoms with Crippen molar-refractivity contribution in [2.75, 3.05) is 0 Å². The highest BCUT2D eigenvalue weighted by molar-refractivity contribution is 6.33. The number of carbonyl (C=O) groups is 1. The average molecular weight is 253 g/mol. The van der Waals surface area contributed by atoms with Crippen molar-refractivity contribution < 1.29 is 14.3 Å². The highest BCUT2D eigenvalue weighted by Crippen LogP contribution is 2.30. The van der Waals surface area contributed by atoms with E-state index in [0.717, 1.165) is 11.1 Å². The number of allylic oxidation sites excluding steroid dienone is 2. The Labute approximate surface area is 109 Å². The molecule has 0 saturated heterocycles. The zero-order valence-electron chi connectivity index (χ0n) is 10.3. The molecule has 0 fully saturated rings. The van der Waals surface area contributed by atoms with Crippen molar-refractivity contribution in [1.82, 2.24) is 4.98 Å². The van der Waals surface area contributed by atoms with Crippen LogP contribution in [-0.2, 0) is 4.79 Å². The lowest BCUT2D eigenvalue weighted by Gasteiger charge is -2.12. The standard InChI is InChI=1S/C15H11NO3/c1-9-16-13(15(18)19-9)8-12-11-5-3-2-4-10(11)6-7-14(12)17/h2-8,18H,1H3/b12-8-. The molecule has 1 N–H and O–H groups in total. The van der Waals surface area contributed by atoms with E-state index in [2.05, 4.69) is 4.98 Å². The number of aromatic hydroxyl groups is 1. The van der Waals surface area contributed by atoms with Gasteiger partial charge in [0.2, 0.25) is 0 Å². The topological polar surface area (TPSA) is 63.3 Å². The summed E-state index contributed by atoms with van der Waals surface area (Å²) in [6, 6.07) is 7.58. The van der Waals surface area contributed by atoms with Gasteiger partial charge in [0.15, 0.2) is 11.7 Å². The lowest BCUT2D eigenvalue weighted by molar-refractivity contribution is -0.109. The molecule has 1 aliphatic carbocycles. The molecular formula is C15H11NO3. The van der Waals surface area contributed by atoms with Crippen molar-refractivity contribution >= 4 is 23.5 Å². The fourth-order valence-electron chi connectivity index (χ4n) is 2.09. The predicted molar refractivity (Wildman–Crippen MR) is 71.3 cm³/mol. The van der Waals surface area contributed by atoms with Crippen LogP contribution >= 0.6 is 0 Å². The molecule has 19 heavy (non-hydrogen) atoms. The van der Waals surface area contributed by atoms with Gasteiger partial charge in [-0.15, -0.1) is 0 Å². The average Bonchev–Trinajstić information content (AvgIpc) is 2.71. The minimum Gasteiger partial charge on any atom is -0.479 e. The molecule has 0 unspecified atom stereocenters. The quantitative estimate of drug-likeness (QED) is 0.794. The maximum Gasteiger partial charge on any atom is 0.310 e. The van der Waals surface area contributed by atoms with Gasteiger partial charge in [0.05, 0.1) is 0 Å². The van der Waals surface area contributed by atoms with Gasteiger partial charge in [-0.25, -0.2) is 4.98 Å². The Hall–Kier alpha value is -2.62. The molecule has 0 amide bonds. The van der Waals surface area contributed by atoms with Crippen molar-refractivity contribution in [1.29, 1.82) is 0 Å². The second-order valence-electron chi connectivity index (χ2n) is 4.27. The summed E-state index contributed by atoms with van der Waals surface area (Å²) in [5.74, 6) is -0.0278. The van der Waals surface area contributed by atoms with Gasteiger partial charge in [0, 0.05) is 12.5 Å². The Balaban J connectivity index is 2.16. The minimum absolute atomic E-state index is 0.112. The van der Waals surface area contributed by atoms with E-state index >= 15 is 0 Å². The van der Waals surface area contributed by atoms with Gasteiger partial charge in [0.1, 0.15) is 5.69 Å². The van der Waals surface area contributed by atoms with Crippen LogP contribution in [0.1, 0.15) is 22.7 Å². The maximum absolute atomic E-state index is 12.0. The zero-order chi connectivity index (χ0) is 13.4. The molecule has 4 nitrogen and oxygen atoms in total. The number of aryl methyl sites for hydroxylation is 1. The Morgan fingerprint density at radius 2 is 2.05 bits per heavy atom. The van der Waals surface area contributed by atoms with Crippen LogP contribution in [0.15, 0.2) is 34.8 Å². The van der Waals surface area contributed by atoms with Crippen LogP contribution in [0, 0.1) is 6.92 Å². The van der Waals surface area contributed by atoms with Gasteiger partial charge >= 0.3 is 5.95 Å². The van der Waals surface area contributed by atoms with E-state index in [-0.39, 0.29) is 17.4 Å². The number of hydrogen-bond donors (Lipinski definition) is 1. The summed E-state index contributed by atoms with van der Waals surface area (Å²) in [6.07, 6.45) is 4.84. The van der Waals surface area contributed by atoms with Crippen molar-refractivity contribution in [2.45, 2.75) is 6.92 Å². The van der Waals surface area contributed by atoms with Gasteiger partial charge in [-0.05, 0) is 23.3 Å². The molecule has 0 aliphatic heterocycles. The van der Waals surface area contributed by atoms with Crippen molar-refractivity contribution in [3.63, 3.8) is 0 Å². The fraction of sp³-hybridized carbons (Fsp3) is 0.0667. The number of ketones is 1. The van der Waals surface area contributed by atoms with E-state index in [1.807, 2.05) is 24.3 Å². The molecule has 1 aromatic heterocycles.